The van der Waals surface area contributed by atoms with Gasteiger partial charge in [-0.1, -0.05) is 48.5 Å². The highest BCUT2D eigenvalue weighted by Crippen LogP contribution is 2.33. The molecule has 0 spiro atoms. The smallest absolute Gasteiger partial charge is 0.261 e. The van der Waals surface area contributed by atoms with Gasteiger partial charge in [-0.25, -0.2) is 8.42 Å². The van der Waals surface area contributed by atoms with Crippen molar-refractivity contribution in [1.29, 1.82) is 0 Å². The molecule has 0 aromatic heterocycles. The number of hydrogen-bond donors (Lipinski definition) is 1. The first-order valence-electron chi connectivity index (χ1n) is 7.41. The molecule has 1 N–H and O–H groups in total. The average molecular weight is 339 g/mol. The predicted molar refractivity (Wildman–Crippen MR) is 95.7 cm³/mol. The molecule has 0 amide bonds. The molecule has 5 heteroatoms. The average Bonchev–Trinajstić information content (AvgIpc) is 2.63. The Morgan fingerprint density at radius 1 is 0.833 bits per heavy atom. The van der Waals surface area contributed by atoms with Crippen LogP contribution in [-0.4, -0.2) is 15.5 Å². The van der Waals surface area contributed by atoms with E-state index < -0.39 is 10.0 Å². The molecular weight excluding hydrogens is 322 g/mol. The lowest BCUT2D eigenvalue weighted by molar-refractivity contribution is 0.415. The first-order chi connectivity index (χ1) is 11.6. The minimum absolute atomic E-state index is 0.222. The van der Waals surface area contributed by atoms with E-state index in [0.717, 1.165) is 11.1 Å². The lowest BCUT2D eigenvalue weighted by Crippen LogP contribution is -2.13. The van der Waals surface area contributed by atoms with Gasteiger partial charge in [0, 0.05) is 5.56 Å². The molecule has 4 nitrogen and oxygen atoms in total. The summed E-state index contributed by atoms with van der Waals surface area (Å²) in [5.41, 5.74) is 2.17. The standard InChI is InChI=1S/C19H17NO3S/c1-23-16-12-13-19(18(14-16)15-8-4-2-5-9-15)20-24(21,22)17-10-6-3-7-11-17/h2-14,20H,1H3. The number of sulfonamides is 1. The van der Waals surface area contributed by atoms with Crippen molar-refractivity contribution in [1.82, 2.24) is 0 Å². The summed E-state index contributed by atoms with van der Waals surface area (Å²) in [5, 5.41) is 0. The van der Waals surface area contributed by atoms with Crippen LogP contribution in [0.2, 0.25) is 0 Å². The molecule has 0 saturated heterocycles. The van der Waals surface area contributed by atoms with E-state index in [1.807, 2.05) is 36.4 Å². The van der Waals surface area contributed by atoms with Crippen LogP contribution in [0.4, 0.5) is 5.69 Å². The summed E-state index contributed by atoms with van der Waals surface area (Å²) in [4.78, 5) is 0.222. The van der Waals surface area contributed by atoms with Gasteiger partial charge in [-0.3, -0.25) is 4.72 Å². The van der Waals surface area contributed by atoms with Gasteiger partial charge in [0.15, 0.2) is 0 Å². The molecule has 3 aromatic rings. The van der Waals surface area contributed by atoms with Gasteiger partial charge in [0.1, 0.15) is 5.75 Å². The van der Waals surface area contributed by atoms with E-state index in [1.165, 1.54) is 0 Å². The molecule has 0 saturated carbocycles. The van der Waals surface area contributed by atoms with Gasteiger partial charge >= 0.3 is 0 Å². The Balaban J connectivity index is 2.05. The fraction of sp³-hybridized carbons (Fsp3) is 0.0526. The number of methoxy groups -OCH3 is 1. The summed E-state index contributed by atoms with van der Waals surface area (Å²) in [6.07, 6.45) is 0. The monoisotopic (exact) mass is 339 g/mol. The third-order valence-corrected chi connectivity index (χ3v) is 4.99. The molecular formula is C19H17NO3S. The minimum atomic E-state index is -3.65. The predicted octanol–water partition coefficient (Wildman–Crippen LogP) is 4.16. The Labute approximate surface area is 141 Å². The highest BCUT2D eigenvalue weighted by molar-refractivity contribution is 7.92. The van der Waals surface area contributed by atoms with Gasteiger partial charge in [0.25, 0.3) is 10.0 Å². The van der Waals surface area contributed by atoms with E-state index in [-0.39, 0.29) is 4.90 Å². The summed E-state index contributed by atoms with van der Waals surface area (Å²) in [6, 6.07) is 23.1. The van der Waals surface area contributed by atoms with Gasteiger partial charge in [0.2, 0.25) is 0 Å². The highest BCUT2D eigenvalue weighted by atomic mass is 32.2. The summed E-state index contributed by atoms with van der Waals surface area (Å²) in [6.45, 7) is 0. The van der Waals surface area contributed by atoms with E-state index >= 15 is 0 Å². The van der Waals surface area contributed by atoms with E-state index in [1.54, 1.807) is 49.6 Å². The van der Waals surface area contributed by atoms with Gasteiger partial charge in [-0.15, -0.1) is 0 Å². The first-order valence-corrected chi connectivity index (χ1v) is 8.90. The zero-order valence-electron chi connectivity index (χ0n) is 13.1. The van der Waals surface area contributed by atoms with Crippen LogP contribution in [-0.2, 0) is 10.0 Å². The van der Waals surface area contributed by atoms with Crippen molar-refractivity contribution in [2.75, 3.05) is 11.8 Å². The van der Waals surface area contributed by atoms with Crippen molar-refractivity contribution in [3.63, 3.8) is 0 Å². The van der Waals surface area contributed by atoms with Crippen LogP contribution in [0.1, 0.15) is 0 Å². The van der Waals surface area contributed by atoms with Gasteiger partial charge in [-0.2, -0.15) is 0 Å². The summed E-state index contributed by atoms with van der Waals surface area (Å²) < 4.78 is 33.1. The van der Waals surface area contributed by atoms with Crippen molar-refractivity contribution in [3.8, 4) is 16.9 Å². The van der Waals surface area contributed by atoms with Gasteiger partial charge in [0.05, 0.1) is 17.7 Å². The summed E-state index contributed by atoms with van der Waals surface area (Å²) >= 11 is 0. The van der Waals surface area contributed by atoms with Gasteiger partial charge in [-0.05, 0) is 35.9 Å². The molecule has 0 bridgehead atoms. The molecule has 0 atom stereocenters. The highest BCUT2D eigenvalue weighted by Gasteiger charge is 2.16. The topological polar surface area (TPSA) is 55.4 Å². The van der Waals surface area contributed by atoms with E-state index in [0.29, 0.717) is 11.4 Å². The third kappa shape index (κ3) is 3.41. The van der Waals surface area contributed by atoms with Crippen molar-refractivity contribution in [3.05, 3.63) is 78.9 Å². The molecule has 24 heavy (non-hydrogen) atoms. The number of benzene rings is 3. The van der Waals surface area contributed by atoms with E-state index in [4.69, 9.17) is 4.74 Å². The van der Waals surface area contributed by atoms with Crippen LogP contribution in [0, 0.1) is 0 Å². The van der Waals surface area contributed by atoms with Crippen molar-refractivity contribution in [2.24, 2.45) is 0 Å². The maximum absolute atomic E-state index is 12.6. The molecule has 0 aliphatic rings. The Morgan fingerprint density at radius 3 is 2.08 bits per heavy atom. The normalized spacial score (nSPS) is 11.0. The van der Waals surface area contributed by atoms with Crippen LogP contribution in [0.5, 0.6) is 5.75 Å². The second-order valence-electron chi connectivity index (χ2n) is 5.20. The van der Waals surface area contributed by atoms with Crippen LogP contribution >= 0.6 is 0 Å². The number of hydrogen-bond acceptors (Lipinski definition) is 3. The van der Waals surface area contributed by atoms with Crippen LogP contribution in [0.3, 0.4) is 0 Å². The van der Waals surface area contributed by atoms with Crippen LogP contribution in [0.25, 0.3) is 11.1 Å². The summed E-state index contributed by atoms with van der Waals surface area (Å²) in [7, 11) is -2.07. The minimum Gasteiger partial charge on any atom is -0.497 e. The van der Waals surface area contributed by atoms with Crippen molar-refractivity contribution < 1.29 is 13.2 Å². The number of ether oxygens (including phenoxy) is 1. The lowest BCUT2D eigenvalue weighted by Gasteiger charge is -2.14. The molecule has 3 aromatic carbocycles. The number of nitrogens with one attached hydrogen (secondary N) is 1. The number of anilines is 1. The fourth-order valence-electron chi connectivity index (χ4n) is 2.40. The SMILES string of the molecule is COc1ccc(NS(=O)(=O)c2ccccc2)c(-c2ccccc2)c1. The molecule has 0 fully saturated rings. The Hall–Kier alpha value is -2.79. The second-order valence-corrected chi connectivity index (χ2v) is 6.88. The molecule has 122 valence electrons. The van der Waals surface area contributed by atoms with E-state index in [9.17, 15) is 8.42 Å². The zero-order valence-corrected chi connectivity index (χ0v) is 14.0. The zero-order chi connectivity index (χ0) is 17.0. The molecule has 0 heterocycles. The Kier molecular flexibility index (Phi) is 4.53. The number of rotatable bonds is 5. The van der Waals surface area contributed by atoms with Gasteiger partial charge < -0.3 is 4.74 Å². The molecule has 0 unspecified atom stereocenters. The van der Waals surface area contributed by atoms with Crippen molar-refractivity contribution >= 4 is 15.7 Å². The quantitative estimate of drug-likeness (QED) is 0.759. The fourth-order valence-corrected chi connectivity index (χ4v) is 3.50. The Morgan fingerprint density at radius 2 is 1.46 bits per heavy atom. The molecule has 3 rings (SSSR count). The van der Waals surface area contributed by atoms with Crippen LogP contribution in [0.15, 0.2) is 83.8 Å². The summed E-state index contributed by atoms with van der Waals surface area (Å²) in [5.74, 6) is 0.663. The Bertz CT molecular complexity index is 923. The van der Waals surface area contributed by atoms with Crippen molar-refractivity contribution in [2.45, 2.75) is 4.90 Å². The maximum Gasteiger partial charge on any atom is 0.261 e. The first kappa shape index (κ1) is 16.1. The maximum atomic E-state index is 12.6. The third-order valence-electron chi connectivity index (χ3n) is 3.61. The van der Waals surface area contributed by atoms with Crippen LogP contribution < -0.4 is 9.46 Å². The van der Waals surface area contributed by atoms with E-state index in [2.05, 4.69) is 4.72 Å². The molecule has 0 radical (unpaired) electrons. The molecule has 0 aliphatic heterocycles. The second kappa shape index (κ2) is 6.76. The molecule has 0 aliphatic carbocycles. The lowest BCUT2D eigenvalue weighted by atomic mass is 10.0. The largest absolute Gasteiger partial charge is 0.497 e.